The van der Waals surface area contributed by atoms with E-state index in [0.29, 0.717) is 11.4 Å². The number of carbonyl (C=O) groups excluding carboxylic acids is 4. The molecule has 1 fully saturated rings. The second-order valence-corrected chi connectivity index (χ2v) is 6.16. The summed E-state index contributed by atoms with van der Waals surface area (Å²) in [6.45, 7) is 1.52. The van der Waals surface area contributed by atoms with Crippen molar-refractivity contribution in [3.63, 3.8) is 0 Å². The molecule has 0 aromatic heterocycles. The van der Waals surface area contributed by atoms with Gasteiger partial charge in [-0.1, -0.05) is 17.7 Å². The molecule has 27 heavy (non-hydrogen) atoms. The monoisotopic (exact) mass is 366 g/mol. The molecular formula is C20H18N2O5. The average Bonchev–Trinajstić information content (AvgIpc) is 3.00. The van der Waals surface area contributed by atoms with Crippen LogP contribution in [0.15, 0.2) is 48.5 Å². The number of ether oxygens (including phenoxy) is 1. The van der Waals surface area contributed by atoms with Gasteiger partial charge in [-0.15, -0.1) is 0 Å². The maximum absolute atomic E-state index is 12.1. The van der Waals surface area contributed by atoms with E-state index in [-0.39, 0.29) is 30.2 Å². The minimum atomic E-state index is -0.667. The summed E-state index contributed by atoms with van der Waals surface area (Å²) < 4.78 is 4.99. The molecule has 0 bridgehead atoms. The van der Waals surface area contributed by atoms with Crippen LogP contribution >= 0.6 is 0 Å². The lowest BCUT2D eigenvalue weighted by Gasteiger charge is -2.14. The van der Waals surface area contributed by atoms with Gasteiger partial charge in [-0.25, -0.2) is 4.79 Å². The van der Waals surface area contributed by atoms with Crippen LogP contribution in [0.25, 0.3) is 0 Å². The number of anilines is 2. The van der Waals surface area contributed by atoms with Crippen molar-refractivity contribution in [2.24, 2.45) is 0 Å². The Morgan fingerprint density at radius 2 is 1.56 bits per heavy atom. The number of imide groups is 1. The number of esters is 1. The fraction of sp³-hybridized carbons (Fsp3) is 0.200. The van der Waals surface area contributed by atoms with E-state index in [9.17, 15) is 19.2 Å². The summed E-state index contributed by atoms with van der Waals surface area (Å²) in [7, 11) is 0. The van der Waals surface area contributed by atoms with Crippen LogP contribution in [-0.4, -0.2) is 30.3 Å². The first kappa shape index (κ1) is 18.3. The Hall–Kier alpha value is -3.48. The van der Waals surface area contributed by atoms with Gasteiger partial charge < -0.3 is 10.1 Å². The number of carbonyl (C=O) groups is 4. The molecule has 7 nitrogen and oxygen atoms in total. The van der Waals surface area contributed by atoms with Crippen LogP contribution in [-0.2, 0) is 19.1 Å². The first-order chi connectivity index (χ1) is 12.9. The molecular weight excluding hydrogens is 348 g/mol. The SMILES string of the molecule is Cc1ccc(NC(=O)COC(=O)c2ccc(N3C(=O)CCC3=O)cc2)cc1. The van der Waals surface area contributed by atoms with Crippen molar-refractivity contribution < 1.29 is 23.9 Å². The predicted octanol–water partition coefficient (Wildman–Crippen LogP) is 2.44. The molecule has 2 aromatic carbocycles. The highest BCUT2D eigenvalue weighted by Crippen LogP contribution is 2.23. The maximum atomic E-state index is 12.1. The summed E-state index contributed by atoms with van der Waals surface area (Å²) in [5.74, 6) is -1.64. The van der Waals surface area contributed by atoms with Crippen LogP contribution in [0.1, 0.15) is 28.8 Å². The Balaban J connectivity index is 1.55. The highest BCUT2D eigenvalue weighted by Gasteiger charge is 2.30. The molecule has 1 saturated heterocycles. The normalized spacial score (nSPS) is 13.6. The summed E-state index contributed by atoms with van der Waals surface area (Å²) in [5.41, 5.74) is 2.32. The van der Waals surface area contributed by atoms with E-state index in [1.54, 1.807) is 12.1 Å². The van der Waals surface area contributed by atoms with Crippen molar-refractivity contribution in [3.8, 4) is 0 Å². The van der Waals surface area contributed by atoms with Gasteiger partial charge in [0.25, 0.3) is 5.91 Å². The van der Waals surface area contributed by atoms with Crippen molar-refractivity contribution in [1.82, 2.24) is 0 Å². The predicted molar refractivity (Wildman–Crippen MR) is 98.3 cm³/mol. The van der Waals surface area contributed by atoms with E-state index in [1.807, 2.05) is 19.1 Å². The van der Waals surface area contributed by atoms with Crippen molar-refractivity contribution in [1.29, 1.82) is 0 Å². The summed E-state index contributed by atoms with van der Waals surface area (Å²) in [4.78, 5) is 48.5. The Labute approximate surface area is 155 Å². The van der Waals surface area contributed by atoms with Crippen LogP contribution in [0.3, 0.4) is 0 Å². The molecule has 0 aliphatic carbocycles. The zero-order chi connectivity index (χ0) is 19.4. The second kappa shape index (κ2) is 7.82. The zero-order valence-electron chi connectivity index (χ0n) is 14.7. The first-order valence-corrected chi connectivity index (χ1v) is 8.43. The quantitative estimate of drug-likeness (QED) is 0.648. The van der Waals surface area contributed by atoms with Gasteiger partial charge >= 0.3 is 5.97 Å². The van der Waals surface area contributed by atoms with Crippen molar-refractivity contribution in [3.05, 3.63) is 59.7 Å². The van der Waals surface area contributed by atoms with Crippen LogP contribution < -0.4 is 10.2 Å². The topological polar surface area (TPSA) is 92.8 Å². The molecule has 3 rings (SSSR count). The molecule has 2 aromatic rings. The number of benzene rings is 2. The van der Waals surface area contributed by atoms with Crippen molar-refractivity contribution in [2.75, 3.05) is 16.8 Å². The highest BCUT2D eigenvalue weighted by molar-refractivity contribution is 6.19. The number of amides is 3. The van der Waals surface area contributed by atoms with E-state index < -0.39 is 18.5 Å². The van der Waals surface area contributed by atoms with Gasteiger partial charge in [0.2, 0.25) is 11.8 Å². The summed E-state index contributed by atoms with van der Waals surface area (Å²) >= 11 is 0. The molecule has 1 heterocycles. The third-order valence-electron chi connectivity index (χ3n) is 4.08. The molecule has 0 saturated carbocycles. The summed E-state index contributed by atoms with van der Waals surface area (Å²) in [6.07, 6.45) is 0.386. The van der Waals surface area contributed by atoms with Gasteiger partial charge in [-0.05, 0) is 43.3 Å². The zero-order valence-corrected chi connectivity index (χ0v) is 14.7. The van der Waals surface area contributed by atoms with Crippen LogP contribution in [0, 0.1) is 6.92 Å². The number of nitrogens with zero attached hydrogens (tertiary/aromatic N) is 1. The number of nitrogens with one attached hydrogen (secondary N) is 1. The van der Waals surface area contributed by atoms with Gasteiger partial charge in [0.15, 0.2) is 6.61 Å². The van der Waals surface area contributed by atoms with Crippen molar-refractivity contribution >= 4 is 35.1 Å². The lowest BCUT2D eigenvalue weighted by Crippen LogP contribution is -2.28. The lowest BCUT2D eigenvalue weighted by atomic mass is 10.2. The number of hydrogen-bond donors (Lipinski definition) is 1. The number of hydrogen-bond acceptors (Lipinski definition) is 5. The van der Waals surface area contributed by atoms with Crippen LogP contribution in [0.5, 0.6) is 0 Å². The number of aryl methyl sites for hydroxylation is 1. The van der Waals surface area contributed by atoms with Crippen molar-refractivity contribution in [2.45, 2.75) is 19.8 Å². The van der Waals surface area contributed by atoms with E-state index >= 15 is 0 Å². The van der Waals surface area contributed by atoms with Gasteiger partial charge in [0, 0.05) is 18.5 Å². The fourth-order valence-electron chi connectivity index (χ4n) is 2.66. The summed E-state index contributed by atoms with van der Waals surface area (Å²) in [6, 6.07) is 13.2. The minimum Gasteiger partial charge on any atom is -0.452 e. The molecule has 1 N–H and O–H groups in total. The smallest absolute Gasteiger partial charge is 0.338 e. The summed E-state index contributed by atoms with van der Waals surface area (Å²) in [5, 5.41) is 2.63. The Morgan fingerprint density at radius 3 is 2.15 bits per heavy atom. The highest BCUT2D eigenvalue weighted by atomic mass is 16.5. The van der Waals surface area contributed by atoms with E-state index in [4.69, 9.17) is 4.74 Å². The average molecular weight is 366 g/mol. The molecule has 7 heteroatoms. The van der Waals surface area contributed by atoms with Gasteiger partial charge in [-0.3, -0.25) is 19.3 Å². The molecule has 1 aliphatic rings. The molecule has 0 spiro atoms. The Kier molecular flexibility index (Phi) is 5.30. The molecule has 0 atom stereocenters. The lowest BCUT2D eigenvalue weighted by molar-refractivity contribution is -0.121. The standard InChI is InChI=1S/C20H18N2O5/c1-13-2-6-15(7-3-13)21-17(23)12-27-20(26)14-4-8-16(9-5-14)22-18(24)10-11-19(22)25/h2-9H,10-12H2,1H3,(H,21,23). The maximum Gasteiger partial charge on any atom is 0.338 e. The number of rotatable bonds is 5. The fourth-order valence-corrected chi connectivity index (χ4v) is 2.66. The van der Waals surface area contributed by atoms with Crippen LogP contribution in [0.4, 0.5) is 11.4 Å². The first-order valence-electron chi connectivity index (χ1n) is 8.43. The van der Waals surface area contributed by atoms with Gasteiger partial charge in [-0.2, -0.15) is 0 Å². The van der Waals surface area contributed by atoms with Crippen LogP contribution in [0.2, 0.25) is 0 Å². The third-order valence-corrected chi connectivity index (χ3v) is 4.08. The molecule has 0 unspecified atom stereocenters. The second-order valence-electron chi connectivity index (χ2n) is 6.16. The van der Waals surface area contributed by atoms with E-state index in [0.717, 1.165) is 10.5 Å². The molecule has 0 radical (unpaired) electrons. The Morgan fingerprint density at radius 1 is 0.963 bits per heavy atom. The largest absolute Gasteiger partial charge is 0.452 e. The third kappa shape index (κ3) is 4.38. The minimum absolute atomic E-state index is 0.193. The van der Waals surface area contributed by atoms with E-state index in [2.05, 4.69) is 5.32 Å². The Bertz CT molecular complexity index is 872. The molecule has 1 aliphatic heterocycles. The molecule has 3 amide bonds. The van der Waals surface area contributed by atoms with E-state index in [1.165, 1.54) is 24.3 Å². The van der Waals surface area contributed by atoms with Gasteiger partial charge in [0.05, 0.1) is 11.3 Å². The molecule has 138 valence electrons. The van der Waals surface area contributed by atoms with Gasteiger partial charge in [0.1, 0.15) is 0 Å².